The molecule has 0 atom stereocenters. The summed E-state index contributed by atoms with van der Waals surface area (Å²) in [7, 11) is -2.52. The van der Waals surface area contributed by atoms with Gasteiger partial charge in [0, 0.05) is 7.05 Å². The van der Waals surface area contributed by atoms with E-state index >= 15 is 0 Å². The van der Waals surface area contributed by atoms with Crippen LogP contribution in [-0.4, -0.2) is 28.5 Å². The van der Waals surface area contributed by atoms with Crippen LogP contribution in [0.2, 0.25) is 0 Å². The number of amides is 2. The number of rotatable bonds is 4. The van der Waals surface area contributed by atoms with Crippen molar-refractivity contribution in [3.63, 3.8) is 0 Å². The molecule has 9 heteroatoms. The molecule has 2 heterocycles. The lowest BCUT2D eigenvalue weighted by Gasteiger charge is -2.34. The molecule has 2 aromatic carbocycles. The molecule has 29 heavy (non-hydrogen) atoms. The van der Waals surface area contributed by atoms with Gasteiger partial charge in [0.2, 0.25) is 0 Å². The third kappa shape index (κ3) is 3.23. The van der Waals surface area contributed by atoms with Gasteiger partial charge in [-0.25, -0.2) is 9.10 Å². The molecule has 4 rings (SSSR count). The van der Waals surface area contributed by atoms with Crippen LogP contribution in [0, 0.1) is 11.3 Å². The minimum Gasteiger partial charge on any atom is -0.285 e. The molecule has 0 unspecified atom stereocenters. The van der Waals surface area contributed by atoms with Gasteiger partial charge >= 0.3 is 6.03 Å². The second-order valence-corrected chi connectivity index (χ2v) is 8.41. The topological polar surface area (TPSA) is 99.3 Å². The largest absolute Gasteiger partial charge is 0.339 e. The zero-order valence-electron chi connectivity index (χ0n) is 15.6. The third-order valence-corrected chi connectivity index (χ3v) is 6.56. The molecule has 146 valence electrons. The van der Waals surface area contributed by atoms with Crippen molar-refractivity contribution in [1.82, 2.24) is 14.1 Å². The van der Waals surface area contributed by atoms with E-state index in [0.717, 1.165) is 9.87 Å². The molecule has 3 aromatic rings. The van der Waals surface area contributed by atoms with Crippen LogP contribution in [0.5, 0.6) is 0 Å². The number of urea groups is 1. The Kier molecular flexibility index (Phi) is 4.56. The quantitative estimate of drug-likeness (QED) is 0.662. The summed E-state index contributed by atoms with van der Waals surface area (Å²) in [6.07, 6.45) is 1.38. The Morgan fingerprint density at radius 2 is 1.66 bits per heavy atom. The van der Waals surface area contributed by atoms with Gasteiger partial charge in [-0.15, -0.1) is 0 Å². The van der Waals surface area contributed by atoms with Crippen LogP contribution in [0.3, 0.4) is 0 Å². The predicted octanol–water partition coefficient (Wildman–Crippen LogP) is 2.62. The van der Waals surface area contributed by atoms with Gasteiger partial charge in [0.15, 0.2) is 5.03 Å². The molecule has 0 aliphatic carbocycles. The number of nitriles is 1. The summed E-state index contributed by atoms with van der Waals surface area (Å²) in [4.78, 5) is 14.6. The first-order valence-corrected chi connectivity index (χ1v) is 10.2. The van der Waals surface area contributed by atoms with Crippen molar-refractivity contribution in [1.29, 1.82) is 5.26 Å². The molecule has 0 spiro atoms. The maximum Gasteiger partial charge on any atom is 0.339 e. The Labute approximate surface area is 168 Å². The Morgan fingerprint density at radius 3 is 2.31 bits per heavy atom. The summed E-state index contributed by atoms with van der Waals surface area (Å²) < 4.78 is 28.5. The van der Waals surface area contributed by atoms with Gasteiger partial charge in [0.25, 0.3) is 10.0 Å². The van der Waals surface area contributed by atoms with E-state index in [-0.39, 0.29) is 23.8 Å². The molecule has 1 aliphatic heterocycles. The van der Waals surface area contributed by atoms with E-state index in [9.17, 15) is 13.2 Å². The number of anilines is 1. The van der Waals surface area contributed by atoms with E-state index in [1.165, 1.54) is 22.8 Å². The van der Waals surface area contributed by atoms with Crippen LogP contribution in [0.1, 0.15) is 16.7 Å². The maximum atomic E-state index is 13.2. The number of benzene rings is 2. The number of nitrogens with zero attached hydrogens (tertiary/aromatic N) is 5. The number of aryl methyl sites for hydroxylation is 1. The van der Waals surface area contributed by atoms with Gasteiger partial charge in [-0.3, -0.25) is 9.58 Å². The molecular weight excluding hydrogens is 390 g/mol. The fourth-order valence-electron chi connectivity index (χ4n) is 3.27. The Hall–Kier alpha value is -3.64. The summed E-state index contributed by atoms with van der Waals surface area (Å²) in [6, 6.07) is 17.2. The van der Waals surface area contributed by atoms with Crippen LogP contribution in [0.4, 0.5) is 10.5 Å². The van der Waals surface area contributed by atoms with E-state index in [4.69, 9.17) is 5.26 Å². The molecule has 0 N–H and O–H groups in total. The lowest BCUT2D eigenvalue weighted by molar-refractivity contribution is 0.225. The molecular formula is C20H17N5O3S. The van der Waals surface area contributed by atoms with Crippen molar-refractivity contribution in [2.24, 2.45) is 7.05 Å². The van der Waals surface area contributed by atoms with E-state index in [1.54, 1.807) is 48.5 Å². The SMILES string of the molecule is Cn1ncc2c1S(=O)(=O)N(Cc1ccccc1)C(=O)N2Cc1ccc(C#N)cc1. The molecule has 0 saturated heterocycles. The van der Waals surface area contributed by atoms with Gasteiger partial charge in [0.05, 0.1) is 30.9 Å². The first kappa shape index (κ1) is 18.7. The second-order valence-electron chi connectivity index (χ2n) is 6.63. The number of aromatic nitrogens is 2. The molecule has 0 radical (unpaired) electrons. The number of hydrogen-bond acceptors (Lipinski definition) is 5. The van der Waals surface area contributed by atoms with Crippen molar-refractivity contribution < 1.29 is 13.2 Å². The highest BCUT2D eigenvalue weighted by Crippen LogP contribution is 2.35. The molecule has 1 aromatic heterocycles. The number of sulfonamides is 1. The molecule has 8 nitrogen and oxygen atoms in total. The third-order valence-electron chi connectivity index (χ3n) is 4.73. The number of hydrogen-bond donors (Lipinski definition) is 0. The lowest BCUT2D eigenvalue weighted by Crippen LogP contribution is -2.50. The van der Waals surface area contributed by atoms with Gasteiger partial charge < -0.3 is 0 Å². The minimum absolute atomic E-state index is 0.0262. The van der Waals surface area contributed by atoms with Gasteiger partial charge in [-0.2, -0.15) is 18.8 Å². The standard InChI is InChI=1S/C20H17N5O3S/c1-23-19-18(12-22-23)24(13-17-9-7-15(11-21)8-10-17)20(26)25(29(19,27)28)14-16-5-3-2-4-6-16/h2-10,12H,13-14H2,1H3. The Balaban J connectivity index is 1.76. The normalized spacial score (nSPS) is 15.1. The maximum absolute atomic E-state index is 13.2. The zero-order valence-corrected chi connectivity index (χ0v) is 16.4. The fourth-order valence-corrected chi connectivity index (χ4v) is 4.91. The molecule has 2 amide bonds. The lowest BCUT2D eigenvalue weighted by atomic mass is 10.1. The summed E-state index contributed by atoms with van der Waals surface area (Å²) in [5.74, 6) is 0. The van der Waals surface area contributed by atoms with Gasteiger partial charge in [-0.1, -0.05) is 42.5 Å². The summed E-state index contributed by atoms with van der Waals surface area (Å²) in [5, 5.41) is 13.0. The average molecular weight is 407 g/mol. The molecule has 0 bridgehead atoms. The van der Waals surface area contributed by atoms with Crippen molar-refractivity contribution in [2.45, 2.75) is 18.1 Å². The Morgan fingerprint density at radius 1 is 1.00 bits per heavy atom. The highest BCUT2D eigenvalue weighted by Gasteiger charge is 2.44. The Bertz CT molecular complexity index is 1210. The monoisotopic (exact) mass is 407 g/mol. The van der Waals surface area contributed by atoms with Crippen molar-refractivity contribution in [2.75, 3.05) is 4.90 Å². The zero-order chi connectivity index (χ0) is 20.6. The predicted molar refractivity (Wildman–Crippen MR) is 105 cm³/mol. The van der Waals surface area contributed by atoms with Crippen molar-refractivity contribution in [3.05, 3.63) is 77.5 Å². The molecule has 0 fully saturated rings. The van der Waals surface area contributed by atoms with Crippen molar-refractivity contribution in [3.8, 4) is 6.07 Å². The van der Waals surface area contributed by atoms with E-state index in [2.05, 4.69) is 5.10 Å². The van der Waals surface area contributed by atoms with E-state index in [1.807, 2.05) is 12.1 Å². The van der Waals surface area contributed by atoms with Crippen LogP contribution in [0.15, 0.2) is 65.8 Å². The van der Waals surface area contributed by atoms with Crippen LogP contribution < -0.4 is 4.90 Å². The minimum atomic E-state index is -4.05. The van der Waals surface area contributed by atoms with Crippen LogP contribution in [-0.2, 0) is 30.2 Å². The van der Waals surface area contributed by atoms with E-state index < -0.39 is 16.1 Å². The highest BCUT2D eigenvalue weighted by atomic mass is 32.2. The van der Waals surface area contributed by atoms with Crippen LogP contribution in [0.25, 0.3) is 0 Å². The number of fused-ring (bicyclic) bond motifs is 1. The first-order valence-electron chi connectivity index (χ1n) is 8.81. The highest BCUT2D eigenvalue weighted by molar-refractivity contribution is 7.89. The molecule has 1 aliphatic rings. The second kappa shape index (κ2) is 7.07. The smallest absolute Gasteiger partial charge is 0.285 e. The van der Waals surface area contributed by atoms with Crippen LogP contribution >= 0.6 is 0 Å². The average Bonchev–Trinajstić information content (AvgIpc) is 3.12. The summed E-state index contributed by atoms with van der Waals surface area (Å²) in [6.45, 7) is 0.0839. The first-order chi connectivity index (χ1) is 13.9. The van der Waals surface area contributed by atoms with Crippen molar-refractivity contribution >= 4 is 21.7 Å². The summed E-state index contributed by atoms with van der Waals surface area (Å²) in [5.41, 5.74) is 2.22. The number of carbonyl (C=O) groups is 1. The fraction of sp³-hybridized carbons (Fsp3) is 0.150. The van der Waals surface area contributed by atoms with Gasteiger partial charge in [0.1, 0.15) is 5.69 Å². The van der Waals surface area contributed by atoms with E-state index in [0.29, 0.717) is 11.1 Å². The summed E-state index contributed by atoms with van der Waals surface area (Å²) >= 11 is 0. The molecule has 0 saturated carbocycles. The van der Waals surface area contributed by atoms with Gasteiger partial charge in [-0.05, 0) is 23.3 Å². The number of carbonyl (C=O) groups excluding carboxylic acids is 1.